The summed E-state index contributed by atoms with van der Waals surface area (Å²) in [7, 11) is 0. The zero-order valence-corrected chi connectivity index (χ0v) is 14.8. The van der Waals surface area contributed by atoms with Gasteiger partial charge in [0.25, 0.3) is 0 Å². The average molecular weight is 334 g/mol. The Morgan fingerprint density at radius 3 is 2.38 bits per heavy atom. The van der Waals surface area contributed by atoms with Gasteiger partial charge in [0.15, 0.2) is 0 Å². The van der Waals surface area contributed by atoms with Crippen LogP contribution in [0, 0.1) is 0 Å². The Morgan fingerprint density at radius 1 is 1.21 bits per heavy atom. The van der Waals surface area contributed by atoms with Gasteiger partial charge in [0.2, 0.25) is 5.91 Å². The maximum atomic E-state index is 12.1. The normalized spacial score (nSPS) is 15.2. The standard InChI is InChI=1S/C17H26N4O3/c1-5-15(22)19-14-7-6-13(12-18-14)20-8-10-21(11-9-20)16(23)24-17(2,3)4/h6-7,12H,5,8-11H2,1-4H3,(H,18,19,22). The molecule has 0 saturated carbocycles. The van der Waals surface area contributed by atoms with Gasteiger partial charge < -0.3 is 19.9 Å². The Labute approximate surface area is 143 Å². The predicted molar refractivity (Wildman–Crippen MR) is 93.2 cm³/mol. The minimum Gasteiger partial charge on any atom is -0.444 e. The van der Waals surface area contributed by atoms with E-state index in [2.05, 4.69) is 15.2 Å². The maximum absolute atomic E-state index is 12.1. The lowest BCUT2D eigenvalue weighted by molar-refractivity contribution is -0.115. The minimum absolute atomic E-state index is 0.0544. The van der Waals surface area contributed by atoms with Crippen LogP contribution in [0.3, 0.4) is 0 Å². The van der Waals surface area contributed by atoms with Crippen LogP contribution in [0.5, 0.6) is 0 Å². The third kappa shape index (κ3) is 5.11. The van der Waals surface area contributed by atoms with Gasteiger partial charge in [-0.3, -0.25) is 4.79 Å². The van der Waals surface area contributed by atoms with Crippen molar-refractivity contribution in [2.45, 2.75) is 39.7 Å². The quantitative estimate of drug-likeness (QED) is 0.919. The minimum atomic E-state index is -0.475. The zero-order chi connectivity index (χ0) is 17.7. The summed E-state index contributed by atoms with van der Waals surface area (Å²) in [5.41, 5.74) is 0.505. The van der Waals surface area contributed by atoms with E-state index < -0.39 is 5.60 Å². The van der Waals surface area contributed by atoms with Crippen molar-refractivity contribution in [2.24, 2.45) is 0 Å². The van der Waals surface area contributed by atoms with E-state index in [1.807, 2.05) is 26.8 Å². The van der Waals surface area contributed by atoms with Crippen molar-refractivity contribution in [1.82, 2.24) is 9.88 Å². The molecule has 7 nitrogen and oxygen atoms in total. The largest absolute Gasteiger partial charge is 0.444 e. The van der Waals surface area contributed by atoms with Crippen molar-refractivity contribution in [1.29, 1.82) is 0 Å². The lowest BCUT2D eigenvalue weighted by atomic mass is 10.2. The van der Waals surface area contributed by atoms with Gasteiger partial charge in [0.05, 0.1) is 11.9 Å². The van der Waals surface area contributed by atoms with Crippen LogP contribution >= 0.6 is 0 Å². The third-order valence-electron chi connectivity index (χ3n) is 3.63. The molecule has 1 aliphatic rings. The van der Waals surface area contributed by atoms with Gasteiger partial charge in [-0.05, 0) is 32.9 Å². The molecule has 0 bridgehead atoms. The first-order valence-electron chi connectivity index (χ1n) is 8.27. The lowest BCUT2D eigenvalue weighted by Crippen LogP contribution is -2.50. The first-order valence-corrected chi connectivity index (χ1v) is 8.27. The second-order valence-corrected chi connectivity index (χ2v) is 6.76. The molecule has 0 aliphatic carbocycles. The Balaban J connectivity index is 1.88. The highest BCUT2D eigenvalue weighted by molar-refractivity contribution is 5.89. The summed E-state index contributed by atoms with van der Waals surface area (Å²) >= 11 is 0. The Bertz CT molecular complexity index is 572. The van der Waals surface area contributed by atoms with E-state index in [9.17, 15) is 9.59 Å². The molecule has 0 radical (unpaired) electrons. The fourth-order valence-electron chi connectivity index (χ4n) is 2.35. The number of nitrogens with one attached hydrogen (secondary N) is 1. The summed E-state index contributed by atoms with van der Waals surface area (Å²) in [6, 6.07) is 3.73. The van der Waals surface area contributed by atoms with Crippen molar-refractivity contribution in [2.75, 3.05) is 36.4 Å². The number of ether oxygens (including phenoxy) is 1. The molecular weight excluding hydrogens is 308 g/mol. The highest BCUT2D eigenvalue weighted by Gasteiger charge is 2.26. The summed E-state index contributed by atoms with van der Waals surface area (Å²) < 4.78 is 5.40. The smallest absolute Gasteiger partial charge is 0.410 e. The molecule has 1 aliphatic heterocycles. The van der Waals surface area contributed by atoms with Gasteiger partial charge in [-0.1, -0.05) is 6.92 Å². The Hall–Kier alpha value is -2.31. The predicted octanol–water partition coefficient (Wildman–Crippen LogP) is 2.49. The van der Waals surface area contributed by atoms with E-state index in [-0.39, 0.29) is 12.0 Å². The molecule has 0 unspecified atom stereocenters. The average Bonchev–Trinajstić information content (AvgIpc) is 2.54. The number of hydrogen-bond acceptors (Lipinski definition) is 5. The van der Waals surface area contributed by atoms with E-state index in [1.165, 1.54) is 0 Å². The number of pyridine rings is 1. The summed E-state index contributed by atoms with van der Waals surface area (Å²) in [5, 5.41) is 2.73. The number of rotatable bonds is 3. The van der Waals surface area contributed by atoms with Gasteiger partial charge in [-0.15, -0.1) is 0 Å². The molecule has 24 heavy (non-hydrogen) atoms. The van der Waals surface area contributed by atoms with Crippen LogP contribution in [0.25, 0.3) is 0 Å². The lowest BCUT2D eigenvalue weighted by Gasteiger charge is -2.36. The van der Waals surface area contributed by atoms with Crippen molar-refractivity contribution < 1.29 is 14.3 Å². The molecule has 1 aromatic rings. The molecule has 0 aromatic carbocycles. The highest BCUT2D eigenvalue weighted by Crippen LogP contribution is 2.18. The molecule has 1 fully saturated rings. The van der Waals surface area contributed by atoms with Gasteiger partial charge >= 0.3 is 6.09 Å². The van der Waals surface area contributed by atoms with Crippen LogP contribution < -0.4 is 10.2 Å². The van der Waals surface area contributed by atoms with Crippen LogP contribution in [-0.2, 0) is 9.53 Å². The molecule has 7 heteroatoms. The molecule has 1 aromatic heterocycles. The number of carbonyl (C=O) groups is 2. The molecule has 1 N–H and O–H groups in total. The first-order chi connectivity index (χ1) is 11.3. The number of amides is 2. The number of aromatic nitrogens is 1. The van der Waals surface area contributed by atoms with Crippen LogP contribution in [0.4, 0.5) is 16.3 Å². The van der Waals surface area contributed by atoms with Crippen LogP contribution in [0.2, 0.25) is 0 Å². The molecule has 0 spiro atoms. The number of hydrogen-bond donors (Lipinski definition) is 1. The molecule has 132 valence electrons. The summed E-state index contributed by atoms with van der Waals surface area (Å²) in [4.78, 5) is 31.6. The van der Waals surface area contributed by atoms with E-state index in [1.54, 1.807) is 24.1 Å². The fraction of sp³-hybridized carbons (Fsp3) is 0.588. The van der Waals surface area contributed by atoms with Gasteiger partial charge in [0.1, 0.15) is 11.4 Å². The summed E-state index contributed by atoms with van der Waals surface area (Å²) in [5.74, 6) is 0.499. The van der Waals surface area contributed by atoms with Crippen LogP contribution in [0.1, 0.15) is 34.1 Å². The second kappa shape index (κ2) is 7.51. The van der Waals surface area contributed by atoms with Gasteiger partial charge in [-0.2, -0.15) is 0 Å². The molecule has 2 amide bonds. The molecule has 2 heterocycles. The topological polar surface area (TPSA) is 74.8 Å². The van der Waals surface area contributed by atoms with E-state index >= 15 is 0 Å². The third-order valence-corrected chi connectivity index (χ3v) is 3.63. The number of nitrogens with zero attached hydrogens (tertiary/aromatic N) is 3. The van der Waals surface area contributed by atoms with Crippen LogP contribution in [0.15, 0.2) is 18.3 Å². The van der Waals surface area contributed by atoms with Crippen molar-refractivity contribution in [3.05, 3.63) is 18.3 Å². The number of carbonyl (C=O) groups excluding carboxylic acids is 2. The number of anilines is 2. The van der Waals surface area contributed by atoms with Crippen molar-refractivity contribution in [3.8, 4) is 0 Å². The second-order valence-electron chi connectivity index (χ2n) is 6.76. The summed E-state index contributed by atoms with van der Waals surface area (Å²) in [6.45, 7) is 10.1. The summed E-state index contributed by atoms with van der Waals surface area (Å²) in [6.07, 6.45) is 1.91. The van der Waals surface area contributed by atoms with Gasteiger partial charge in [-0.25, -0.2) is 9.78 Å². The molecule has 2 rings (SSSR count). The zero-order valence-electron chi connectivity index (χ0n) is 14.8. The fourth-order valence-corrected chi connectivity index (χ4v) is 2.35. The van der Waals surface area contributed by atoms with E-state index in [0.717, 1.165) is 18.8 Å². The highest BCUT2D eigenvalue weighted by atomic mass is 16.6. The van der Waals surface area contributed by atoms with Crippen molar-refractivity contribution in [3.63, 3.8) is 0 Å². The molecule has 0 atom stereocenters. The number of piperazine rings is 1. The SMILES string of the molecule is CCC(=O)Nc1ccc(N2CCN(C(=O)OC(C)(C)C)CC2)cn1. The molecular formula is C17H26N4O3. The first kappa shape index (κ1) is 18.0. The Kier molecular flexibility index (Phi) is 5.64. The molecule has 1 saturated heterocycles. The van der Waals surface area contributed by atoms with Crippen molar-refractivity contribution >= 4 is 23.5 Å². The maximum Gasteiger partial charge on any atom is 0.410 e. The van der Waals surface area contributed by atoms with E-state index in [4.69, 9.17) is 4.74 Å². The van der Waals surface area contributed by atoms with Crippen LogP contribution in [-0.4, -0.2) is 53.7 Å². The Morgan fingerprint density at radius 2 is 1.88 bits per heavy atom. The monoisotopic (exact) mass is 334 g/mol. The van der Waals surface area contributed by atoms with E-state index in [0.29, 0.717) is 25.3 Å². The van der Waals surface area contributed by atoms with Gasteiger partial charge in [0, 0.05) is 32.6 Å².